The Balaban J connectivity index is 2.67. The number of rotatable bonds is 3. The van der Waals surface area contributed by atoms with Crippen molar-refractivity contribution in [3.8, 4) is 0 Å². The van der Waals surface area contributed by atoms with E-state index in [4.69, 9.17) is 0 Å². The fourth-order valence-corrected chi connectivity index (χ4v) is 1.41. The number of aldehydes is 1. The summed E-state index contributed by atoms with van der Waals surface area (Å²) in [5.41, 5.74) is 0.324. The maximum atomic E-state index is 13.5. The van der Waals surface area contributed by atoms with Gasteiger partial charge in [-0.15, -0.1) is 0 Å². The van der Waals surface area contributed by atoms with Crippen LogP contribution in [-0.2, 0) is 6.05 Å². The highest BCUT2D eigenvalue weighted by molar-refractivity contribution is 5.84. The van der Waals surface area contributed by atoms with E-state index < -0.39 is 6.05 Å². The molecule has 84 valence electrons. The van der Waals surface area contributed by atoms with Gasteiger partial charge in [0.25, 0.3) is 0 Å². The fraction of sp³-hybridized carbons (Fsp3) is 0.300. The van der Waals surface area contributed by atoms with Crippen LogP contribution in [0.5, 0.6) is 0 Å². The molecule has 0 aliphatic heterocycles. The Morgan fingerprint density at radius 1 is 1.50 bits per heavy atom. The first-order valence-corrected chi connectivity index (χ1v) is 4.75. The van der Waals surface area contributed by atoms with Crippen LogP contribution in [0.15, 0.2) is 18.5 Å². The molecule has 0 spiro atoms. The van der Waals surface area contributed by atoms with Crippen LogP contribution in [0.1, 0.15) is 23.8 Å². The Bertz CT molecular complexity index is 536. The predicted molar refractivity (Wildman–Crippen MR) is 53.4 cm³/mol. The van der Waals surface area contributed by atoms with Gasteiger partial charge in [-0.3, -0.25) is 9.78 Å². The number of hydrogen-bond donors (Lipinski definition) is 0. The van der Waals surface area contributed by atoms with E-state index in [9.17, 15) is 13.6 Å². The topological polar surface area (TPSA) is 47.8 Å². The standard InChI is InChI=1S/C10H9F2N3O/c1-2-10(11,12)15-9-3-8(6-16)13-4-7(9)5-14-15/h3-6H,2H2,1H3. The van der Waals surface area contributed by atoms with E-state index >= 15 is 0 Å². The van der Waals surface area contributed by atoms with Gasteiger partial charge in [-0.1, -0.05) is 6.92 Å². The van der Waals surface area contributed by atoms with Crippen LogP contribution in [0.2, 0.25) is 0 Å². The zero-order valence-corrected chi connectivity index (χ0v) is 8.52. The van der Waals surface area contributed by atoms with Gasteiger partial charge in [0, 0.05) is 18.0 Å². The number of pyridine rings is 1. The van der Waals surface area contributed by atoms with Crippen molar-refractivity contribution in [1.82, 2.24) is 14.8 Å². The average molecular weight is 225 g/mol. The van der Waals surface area contributed by atoms with Crippen LogP contribution in [-0.4, -0.2) is 21.1 Å². The van der Waals surface area contributed by atoms with Gasteiger partial charge in [0.2, 0.25) is 0 Å². The molecule has 16 heavy (non-hydrogen) atoms. The largest absolute Gasteiger partial charge is 0.343 e. The van der Waals surface area contributed by atoms with Crippen molar-refractivity contribution in [3.05, 3.63) is 24.2 Å². The third-order valence-corrected chi connectivity index (χ3v) is 2.33. The van der Waals surface area contributed by atoms with Crippen molar-refractivity contribution in [2.75, 3.05) is 0 Å². The molecule has 0 aliphatic carbocycles. The molecule has 6 heteroatoms. The van der Waals surface area contributed by atoms with Crippen LogP contribution in [0.25, 0.3) is 10.9 Å². The second kappa shape index (κ2) is 3.62. The maximum absolute atomic E-state index is 13.5. The van der Waals surface area contributed by atoms with Gasteiger partial charge in [-0.2, -0.15) is 13.9 Å². The minimum Gasteiger partial charge on any atom is -0.296 e. The first kappa shape index (κ1) is 10.7. The molecule has 0 N–H and O–H groups in total. The summed E-state index contributed by atoms with van der Waals surface area (Å²) in [6, 6.07) is -1.75. The molecule has 0 saturated heterocycles. The molecular weight excluding hydrogens is 216 g/mol. The van der Waals surface area contributed by atoms with Crippen LogP contribution in [0.3, 0.4) is 0 Å². The molecule has 4 nitrogen and oxygen atoms in total. The Hall–Kier alpha value is -1.85. The van der Waals surface area contributed by atoms with Gasteiger partial charge in [0.15, 0.2) is 6.29 Å². The van der Waals surface area contributed by atoms with Crippen LogP contribution in [0, 0.1) is 0 Å². The summed E-state index contributed by atoms with van der Waals surface area (Å²) >= 11 is 0. The van der Waals surface area contributed by atoms with E-state index in [1.54, 1.807) is 0 Å². The van der Waals surface area contributed by atoms with E-state index in [2.05, 4.69) is 10.1 Å². The number of nitrogens with zero attached hydrogens (tertiary/aromatic N) is 3. The quantitative estimate of drug-likeness (QED) is 0.752. The van der Waals surface area contributed by atoms with E-state index in [1.807, 2.05) is 0 Å². The summed E-state index contributed by atoms with van der Waals surface area (Å²) in [7, 11) is 0. The number of fused-ring (bicyclic) bond motifs is 1. The monoisotopic (exact) mass is 225 g/mol. The Labute approximate surface area is 89.9 Å². The molecule has 0 aromatic carbocycles. The maximum Gasteiger partial charge on any atom is 0.343 e. The molecule has 0 radical (unpaired) electrons. The summed E-state index contributed by atoms with van der Waals surface area (Å²) in [4.78, 5) is 14.3. The molecule has 0 atom stereocenters. The lowest BCUT2D eigenvalue weighted by Crippen LogP contribution is -2.22. The molecule has 2 heterocycles. The third kappa shape index (κ3) is 1.56. The van der Waals surface area contributed by atoms with Gasteiger partial charge in [-0.25, -0.2) is 4.68 Å². The second-order valence-corrected chi connectivity index (χ2v) is 3.36. The molecule has 0 fully saturated rings. The Morgan fingerprint density at radius 3 is 2.88 bits per heavy atom. The highest BCUT2D eigenvalue weighted by Gasteiger charge is 2.31. The SMILES string of the molecule is CCC(F)(F)n1ncc2cnc(C=O)cc21. The molecule has 0 saturated carbocycles. The number of halogens is 2. The first-order chi connectivity index (χ1) is 7.58. The van der Waals surface area contributed by atoms with Crippen LogP contribution in [0.4, 0.5) is 8.78 Å². The fourth-order valence-electron chi connectivity index (χ4n) is 1.41. The molecule has 0 bridgehead atoms. The molecule has 0 amide bonds. The van der Waals surface area contributed by atoms with Gasteiger partial charge in [0.1, 0.15) is 5.69 Å². The summed E-state index contributed by atoms with van der Waals surface area (Å²) < 4.78 is 27.6. The number of aromatic nitrogens is 3. The van der Waals surface area contributed by atoms with Crippen molar-refractivity contribution in [1.29, 1.82) is 0 Å². The van der Waals surface area contributed by atoms with E-state index in [1.165, 1.54) is 25.4 Å². The third-order valence-electron chi connectivity index (χ3n) is 2.33. The number of carbonyl (C=O) groups is 1. The number of alkyl halides is 2. The smallest absolute Gasteiger partial charge is 0.296 e. The average Bonchev–Trinajstić information content (AvgIpc) is 2.72. The molecule has 0 aliphatic rings. The van der Waals surface area contributed by atoms with E-state index in [0.29, 0.717) is 16.4 Å². The van der Waals surface area contributed by atoms with Crippen molar-refractivity contribution < 1.29 is 13.6 Å². The van der Waals surface area contributed by atoms with Gasteiger partial charge in [-0.05, 0) is 6.07 Å². The molecule has 2 aromatic rings. The van der Waals surface area contributed by atoms with Gasteiger partial charge in [0.05, 0.1) is 11.7 Å². The molecule has 0 unspecified atom stereocenters. The lowest BCUT2D eigenvalue weighted by molar-refractivity contribution is -0.0910. The minimum atomic E-state index is -3.05. The van der Waals surface area contributed by atoms with E-state index in [0.717, 1.165) is 0 Å². The van der Waals surface area contributed by atoms with Crippen molar-refractivity contribution >= 4 is 17.2 Å². The molecular formula is C10H9F2N3O. The van der Waals surface area contributed by atoms with Crippen molar-refractivity contribution in [3.63, 3.8) is 0 Å². The second-order valence-electron chi connectivity index (χ2n) is 3.36. The summed E-state index contributed by atoms with van der Waals surface area (Å²) in [6.45, 7) is 1.37. The van der Waals surface area contributed by atoms with Crippen molar-refractivity contribution in [2.45, 2.75) is 19.4 Å². The van der Waals surface area contributed by atoms with Crippen molar-refractivity contribution in [2.24, 2.45) is 0 Å². The van der Waals surface area contributed by atoms with Crippen LogP contribution < -0.4 is 0 Å². The first-order valence-electron chi connectivity index (χ1n) is 4.75. The highest BCUT2D eigenvalue weighted by atomic mass is 19.3. The normalized spacial score (nSPS) is 11.9. The van der Waals surface area contributed by atoms with Gasteiger partial charge < -0.3 is 0 Å². The summed E-state index contributed by atoms with van der Waals surface area (Å²) in [5.74, 6) is 0. The Morgan fingerprint density at radius 2 is 2.25 bits per heavy atom. The molecule has 2 aromatic heterocycles. The Kier molecular flexibility index (Phi) is 2.41. The summed E-state index contributed by atoms with van der Waals surface area (Å²) in [6.07, 6.45) is 2.82. The van der Waals surface area contributed by atoms with E-state index in [-0.39, 0.29) is 17.6 Å². The lowest BCUT2D eigenvalue weighted by atomic mass is 10.3. The zero-order chi connectivity index (χ0) is 11.8. The highest BCUT2D eigenvalue weighted by Crippen LogP contribution is 2.28. The zero-order valence-electron chi connectivity index (χ0n) is 8.52. The lowest BCUT2D eigenvalue weighted by Gasteiger charge is -2.15. The summed E-state index contributed by atoms with van der Waals surface area (Å²) in [5, 5.41) is 4.11. The number of hydrogen-bond acceptors (Lipinski definition) is 3. The minimum absolute atomic E-state index is 0.112. The van der Waals surface area contributed by atoms with Crippen LogP contribution >= 0.6 is 0 Å². The van der Waals surface area contributed by atoms with Gasteiger partial charge >= 0.3 is 6.05 Å². The number of carbonyl (C=O) groups excluding carboxylic acids is 1. The predicted octanol–water partition coefficient (Wildman–Crippen LogP) is 2.20. The molecule has 2 rings (SSSR count).